The van der Waals surface area contributed by atoms with Crippen LogP contribution in [0.3, 0.4) is 0 Å². The quantitative estimate of drug-likeness (QED) is 0.471. The van der Waals surface area contributed by atoms with Gasteiger partial charge in [0.15, 0.2) is 5.82 Å². The zero-order chi connectivity index (χ0) is 15.2. The highest BCUT2D eigenvalue weighted by Gasteiger charge is 2.08. The van der Waals surface area contributed by atoms with Crippen molar-refractivity contribution >= 4 is 5.91 Å². The lowest BCUT2D eigenvalue weighted by Gasteiger charge is -2.06. The number of nitrogens with zero attached hydrogens (tertiary/aromatic N) is 3. The minimum atomic E-state index is -0.195. The summed E-state index contributed by atoms with van der Waals surface area (Å²) in [7, 11) is 0. The molecule has 0 aliphatic heterocycles. The first-order valence-electron chi connectivity index (χ1n) is 7.16. The molecule has 0 radical (unpaired) electrons. The topological polar surface area (TPSA) is 85.8 Å². The van der Waals surface area contributed by atoms with Gasteiger partial charge in [0.1, 0.15) is 5.82 Å². The van der Waals surface area contributed by atoms with Gasteiger partial charge in [0.05, 0.1) is 13.0 Å². The number of carbonyl (C=O) groups excluding carboxylic acids is 1. The van der Waals surface area contributed by atoms with E-state index in [0.717, 1.165) is 35.6 Å². The summed E-state index contributed by atoms with van der Waals surface area (Å²) in [6.07, 6.45) is 2.00. The molecule has 0 unspecified atom stereocenters. The molecule has 0 bridgehead atoms. The van der Waals surface area contributed by atoms with Crippen LogP contribution in [0.4, 0.5) is 0 Å². The molecule has 1 amide bonds. The van der Waals surface area contributed by atoms with Crippen LogP contribution in [0, 0.1) is 0 Å². The summed E-state index contributed by atoms with van der Waals surface area (Å²) in [4.78, 5) is 15.7. The summed E-state index contributed by atoms with van der Waals surface area (Å²) in [6, 6.07) is 7.89. The number of carbonyl (C=O) groups is 1. The minimum Gasteiger partial charge on any atom is -0.294 e. The Kier molecular flexibility index (Phi) is 5.05. The molecule has 0 saturated carbocycles. The van der Waals surface area contributed by atoms with Gasteiger partial charge in [-0.2, -0.15) is 5.10 Å². The van der Waals surface area contributed by atoms with Gasteiger partial charge in [-0.3, -0.25) is 10.2 Å². The third kappa shape index (κ3) is 3.88. The molecular formula is C15H21N5O. The molecule has 0 saturated heterocycles. The van der Waals surface area contributed by atoms with Crippen LogP contribution in [0.25, 0.3) is 0 Å². The van der Waals surface area contributed by atoms with Crippen LogP contribution in [0.2, 0.25) is 0 Å². The Morgan fingerprint density at radius 3 is 2.43 bits per heavy atom. The van der Waals surface area contributed by atoms with Crippen molar-refractivity contribution in [1.29, 1.82) is 0 Å². The van der Waals surface area contributed by atoms with Crippen LogP contribution >= 0.6 is 0 Å². The Hall–Kier alpha value is -2.21. The molecule has 6 nitrogen and oxygen atoms in total. The average molecular weight is 287 g/mol. The highest BCUT2D eigenvalue weighted by Crippen LogP contribution is 2.09. The molecular weight excluding hydrogens is 266 g/mol. The second-order valence-electron chi connectivity index (χ2n) is 4.87. The molecule has 2 aromatic rings. The number of hydrogen-bond donors (Lipinski definition) is 2. The Labute approximate surface area is 124 Å². The van der Waals surface area contributed by atoms with E-state index in [1.807, 2.05) is 28.9 Å². The van der Waals surface area contributed by atoms with Crippen LogP contribution in [0.5, 0.6) is 0 Å². The smallest absolute Gasteiger partial charge is 0.238 e. The van der Waals surface area contributed by atoms with E-state index in [4.69, 9.17) is 5.84 Å². The van der Waals surface area contributed by atoms with Gasteiger partial charge < -0.3 is 0 Å². The normalized spacial score (nSPS) is 10.6. The van der Waals surface area contributed by atoms with E-state index in [0.29, 0.717) is 13.0 Å². The summed E-state index contributed by atoms with van der Waals surface area (Å²) in [5.74, 6) is 6.76. The predicted octanol–water partition coefficient (Wildman–Crippen LogP) is 0.984. The van der Waals surface area contributed by atoms with Gasteiger partial charge in [-0.1, -0.05) is 38.1 Å². The largest absolute Gasteiger partial charge is 0.294 e. The molecule has 1 aromatic heterocycles. The molecule has 1 heterocycles. The molecule has 2 rings (SSSR count). The third-order valence-corrected chi connectivity index (χ3v) is 3.31. The molecule has 21 heavy (non-hydrogen) atoms. The first-order valence-corrected chi connectivity index (χ1v) is 7.16. The Morgan fingerprint density at radius 2 is 1.86 bits per heavy atom. The molecule has 6 heteroatoms. The second kappa shape index (κ2) is 6.99. The number of nitrogens with two attached hydrogens (primary N) is 1. The zero-order valence-corrected chi connectivity index (χ0v) is 12.5. The summed E-state index contributed by atoms with van der Waals surface area (Å²) < 4.78 is 1.94. The van der Waals surface area contributed by atoms with Crippen molar-refractivity contribution < 1.29 is 4.79 Å². The van der Waals surface area contributed by atoms with Crippen molar-refractivity contribution in [2.24, 2.45) is 5.84 Å². The number of benzene rings is 1. The van der Waals surface area contributed by atoms with E-state index in [1.165, 1.54) is 0 Å². The van der Waals surface area contributed by atoms with Crippen molar-refractivity contribution in [3.05, 3.63) is 47.0 Å². The highest BCUT2D eigenvalue weighted by molar-refractivity contribution is 5.77. The number of rotatable bonds is 6. The standard InChI is InChI=1S/C15H21N5O/c1-3-13-17-14(4-2)20(19-13)10-12-7-5-11(6-8-12)9-15(21)18-16/h5-8H,3-4,9-10,16H2,1-2H3,(H,18,21). The maximum absolute atomic E-state index is 11.2. The number of nitrogens with one attached hydrogen (secondary N) is 1. The molecule has 0 aliphatic carbocycles. The Balaban J connectivity index is 2.09. The predicted molar refractivity (Wildman–Crippen MR) is 80.4 cm³/mol. The molecule has 0 aliphatic rings. The lowest BCUT2D eigenvalue weighted by molar-refractivity contribution is -0.120. The van der Waals surface area contributed by atoms with Crippen LogP contribution in [0.15, 0.2) is 24.3 Å². The minimum absolute atomic E-state index is 0.195. The summed E-state index contributed by atoms with van der Waals surface area (Å²) in [6.45, 7) is 4.82. The van der Waals surface area contributed by atoms with Gasteiger partial charge in [0.2, 0.25) is 5.91 Å². The van der Waals surface area contributed by atoms with Crippen molar-refractivity contribution in [3.8, 4) is 0 Å². The SMILES string of the molecule is CCc1nc(CC)n(Cc2ccc(CC(=O)NN)cc2)n1. The van der Waals surface area contributed by atoms with Gasteiger partial charge in [-0.25, -0.2) is 15.5 Å². The summed E-state index contributed by atoms with van der Waals surface area (Å²) in [5, 5.41) is 4.50. The van der Waals surface area contributed by atoms with Gasteiger partial charge in [0, 0.05) is 12.8 Å². The van der Waals surface area contributed by atoms with E-state index in [1.54, 1.807) is 0 Å². The zero-order valence-electron chi connectivity index (χ0n) is 12.5. The lowest BCUT2D eigenvalue weighted by atomic mass is 10.1. The fraction of sp³-hybridized carbons (Fsp3) is 0.400. The lowest BCUT2D eigenvalue weighted by Crippen LogP contribution is -2.31. The van der Waals surface area contributed by atoms with E-state index < -0.39 is 0 Å². The number of hydrazine groups is 1. The number of hydrogen-bond acceptors (Lipinski definition) is 4. The average Bonchev–Trinajstić information content (AvgIpc) is 2.91. The van der Waals surface area contributed by atoms with Crippen molar-refractivity contribution in [2.45, 2.75) is 39.7 Å². The van der Waals surface area contributed by atoms with Gasteiger partial charge >= 0.3 is 0 Å². The number of aryl methyl sites for hydroxylation is 2. The highest BCUT2D eigenvalue weighted by atomic mass is 16.2. The molecule has 0 spiro atoms. The maximum Gasteiger partial charge on any atom is 0.238 e. The van der Waals surface area contributed by atoms with Crippen molar-refractivity contribution in [1.82, 2.24) is 20.2 Å². The van der Waals surface area contributed by atoms with Gasteiger partial charge in [-0.15, -0.1) is 0 Å². The van der Waals surface area contributed by atoms with Crippen LogP contribution in [-0.2, 0) is 30.6 Å². The molecule has 0 fully saturated rings. The third-order valence-electron chi connectivity index (χ3n) is 3.31. The Bertz CT molecular complexity index is 603. The molecule has 112 valence electrons. The summed E-state index contributed by atoms with van der Waals surface area (Å²) >= 11 is 0. The Morgan fingerprint density at radius 1 is 1.19 bits per heavy atom. The van der Waals surface area contributed by atoms with Crippen LogP contribution in [-0.4, -0.2) is 20.7 Å². The monoisotopic (exact) mass is 287 g/mol. The van der Waals surface area contributed by atoms with E-state index in [2.05, 4.69) is 29.4 Å². The van der Waals surface area contributed by atoms with E-state index >= 15 is 0 Å². The fourth-order valence-corrected chi connectivity index (χ4v) is 2.14. The number of amides is 1. The second-order valence-corrected chi connectivity index (χ2v) is 4.87. The van der Waals surface area contributed by atoms with E-state index in [-0.39, 0.29) is 5.91 Å². The van der Waals surface area contributed by atoms with Gasteiger partial charge in [-0.05, 0) is 11.1 Å². The fourth-order valence-electron chi connectivity index (χ4n) is 2.14. The van der Waals surface area contributed by atoms with Crippen LogP contribution in [0.1, 0.15) is 36.6 Å². The molecule has 3 N–H and O–H groups in total. The molecule has 1 aromatic carbocycles. The van der Waals surface area contributed by atoms with E-state index in [9.17, 15) is 4.79 Å². The van der Waals surface area contributed by atoms with Crippen molar-refractivity contribution in [3.63, 3.8) is 0 Å². The molecule has 0 atom stereocenters. The number of aromatic nitrogens is 3. The van der Waals surface area contributed by atoms with Crippen LogP contribution < -0.4 is 11.3 Å². The van der Waals surface area contributed by atoms with Crippen molar-refractivity contribution in [2.75, 3.05) is 0 Å². The first kappa shape index (κ1) is 15.2. The summed E-state index contributed by atoms with van der Waals surface area (Å²) in [5.41, 5.74) is 4.20. The van der Waals surface area contributed by atoms with Gasteiger partial charge in [0.25, 0.3) is 0 Å². The maximum atomic E-state index is 11.2. The first-order chi connectivity index (χ1) is 10.2.